The summed E-state index contributed by atoms with van der Waals surface area (Å²) in [5.41, 5.74) is 2.54. The molecule has 0 aliphatic heterocycles. The highest BCUT2D eigenvalue weighted by Crippen LogP contribution is 2.15. The van der Waals surface area contributed by atoms with Crippen LogP contribution in [0, 0.1) is 0 Å². The van der Waals surface area contributed by atoms with Gasteiger partial charge in [-0.3, -0.25) is 4.79 Å². The average molecular weight is 275 g/mol. The first-order valence-electron chi connectivity index (χ1n) is 6.28. The lowest BCUT2D eigenvalue weighted by Gasteiger charge is -2.12. The molecule has 0 fully saturated rings. The quantitative estimate of drug-likeness (QED) is 0.881. The summed E-state index contributed by atoms with van der Waals surface area (Å²) < 4.78 is 0. The molecule has 3 nitrogen and oxygen atoms in total. The number of carbonyl (C=O) groups excluding carboxylic acids is 1. The van der Waals surface area contributed by atoms with Crippen molar-refractivity contribution in [2.75, 3.05) is 6.54 Å². The zero-order valence-corrected chi connectivity index (χ0v) is 11.6. The van der Waals surface area contributed by atoms with E-state index in [1.165, 1.54) is 11.3 Å². The first-order valence-corrected chi connectivity index (χ1v) is 7.23. The van der Waals surface area contributed by atoms with Gasteiger partial charge in [0.2, 0.25) is 0 Å². The number of rotatable bonds is 5. The summed E-state index contributed by atoms with van der Waals surface area (Å²) in [5, 5.41) is 16.5. The smallest absolute Gasteiger partial charge is 0.251 e. The minimum atomic E-state index is -0.649. The van der Waals surface area contributed by atoms with Gasteiger partial charge < -0.3 is 10.4 Å². The fourth-order valence-corrected chi connectivity index (χ4v) is 2.62. The molecule has 2 rings (SSSR count). The molecular formula is C15H17NO2S. The number of benzene rings is 1. The molecule has 1 aromatic heterocycles. The number of nitrogens with one attached hydrogen (secondary N) is 1. The Balaban J connectivity index is 1.98. The van der Waals surface area contributed by atoms with E-state index in [0.29, 0.717) is 5.56 Å². The summed E-state index contributed by atoms with van der Waals surface area (Å²) in [4.78, 5) is 12.1. The van der Waals surface area contributed by atoms with Gasteiger partial charge in [0.1, 0.15) is 0 Å². The molecule has 1 unspecified atom stereocenters. The molecule has 1 atom stereocenters. The third-order valence-corrected chi connectivity index (χ3v) is 3.73. The third kappa shape index (κ3) is 3.43. The van der Waals surface area contributed by atoms with E-state index in [-0.39, 0.29) is 12.5 Å². The largest absolute Gasteiger partial charge is 0.387 e. The van der Waals surface area contributed by atoms with Crippen LogP contribution in [-0.2, 0) is 6.42 Å². The van der Waals surface area contributed by atoms with Crippen LogP contribution in [-0.4, -0.2) is 17.6 Å². The topological polar surface area (TPSA) is 49.3 Å². The van der Waals surface area contributed by atoms with E-state index in [1.807, 2.05) is 48.0 Å². The fraction of sp³-hybridized carbons (Fsp3) is 0.267. The molecule has 2 N–H and O–H groups in total. The van der Waals surface area contributed by atoms with Crippen molar-refractivity contribution in [2.24, 2.45) is 0 Å². The monoisotopic (exact) mass is 275 g/mol. The summed E-state index contributed by atoms with van der Waals surface area (Å²) >= 11 is 1.53. The van der Waals surface area contributed by atoms with Gasteiger partial charge in [0.15, 0.2) is 0 Å². The van der Waals surface area contributed by atoms with Crippen LogP contribution in [0.3, 0.4) is 0 Å². The zero-order valence-electron chi connectivity index (χ0n) is 10.8. The standard InChI is InChI=1S/C15H17NO2S/c1-2-11-5-3-4-6-13(11)15(18)16-9-14(17)12-7-8-19-10-12/h3-8,10,14,17H,2,9H2,1H3,(H,16,18). The van der Waals surface area contributed by atoms with Crippen LogP contribution in [0.25, 0.3) is 0 Å². The molecule has 100 valence electrons. The van der Waals surface area contributed by atoms with Crippen LogP contribution < -0.4 is 5.32 Å². The predicted molar refractivity (Wildman–Crippen MR) is 77.4 cm³/mol. The molecule has 0 aliphatic rings. The number of aryl methyl sites for hydroxylation is 1. The normalized spacial score (nSPS) is 12.1. The summed E-state index contributed by atoms with van der Waals surface area (Å²) in [6.45, 7) is 2.25. The van der Waals surface area contributed by atoms with Crippen molar-refractivity contribution in [1.82, 2.24) is 5.32 Å². The molecule has 19 heavy (non-hydrogen) atoms. The Morgan fingerprint density at radius 3 is 2.84 bits per heavy atom. The number of carbonyl (C=O) groups is 1. The van der Waals surface area contributed by atoms with Crippen LogP contribution in [0.2, 0.25) is 0 Å². The highest BCUT2D eigenvalue weighted by atomic mass is 32.1. The van der Waals surface area contributed by atoms with E-state index in [9.17, 15) is 9.90 Å². The van der Waals surface area contributed by atoms with Crippen molar-refractivity contribution in [1.29, 1.82) is 0 Å². The zero-order chi connectivity index (χ0) is 13.7. The van der Waals surface area contributed by atoms with Crippen LogP contribution in [0.5, 0.6) is 0 Å². The molecule has 0 saturated heterocycles. The van der Waals surface area contributed by atoms with Gasteiger partial charge >= 0.3 is 0 Å². The molecule has 1 aromatic carbocycles. The van der Waals surface area contributed by atoms with Gasteiger partial charge in [-0.15, -0.1) is 0 Å². The highest BCUT2D eigenvalue weighted by Gasteiger charge is 2.12. The van der Waals surface area contributed by atoms with Crippen molar-refractivity contribution < 1.29 is 9.90 Å². The number of hydrogen-bond acceptors (Lipinski definition) is 3. The van der Waals surface area contributed by atoms with E-state index < -0.39 is 6.10 Å². The number of aliphatic hydroxyl groups is 1. The number of amides is 1. The van der Waals surface area contributed by atoms with E-state index in [1.54, 1.807) is 0 Å². The van der Waals surface area contributed by atoms with Gasteiger partial charge in [0.25, 0.3) is 5.91 Å². The highest BCUT2D eigenvalue weighted by molar-refractivity contribution is 7.07. The Labute approximate surface area is 116 Å². The van der Waals surface area contributed by atoms with Crippen LogP contribution >= 0.6 is 11.3 Å². The van der Waals surface area contributed by atoms with Gasteiger partial charge in [0.05, 0.1) is 6.10 Å². The van der Waals surface area contributed by atoms with E-state index in [2.05, 4.69) is 5.32 Å². The summed E-state index contributed by atoms with van der Waals surface area (Å²) in [5.74, 6) is -0.133. The van der Waals surface area contributed by atoms with E-state index in [0.717, 1.165) is 17.5 Å². The van der Waals surface area contributed by atoms with Crippen LogP contribution in [0.4, 0.5) is 0 Å². The molecule has 0 spiro atoms. The first kappa shape index (κ1) is 13.8. The molecule has 0 radical (unpaired) electrons. The Kier molecular flexibility index (Phi) is 4.71. The van der Waals surface area contributed by atoms with Crippen molar-refractivity contribution in [3.05, 3.63) is 57.8 Å². The van der Waals surface area contributed by atoms with Crippen molar-refractivity contribution in [2.45, 2.75) is 19.4 Å². The van der Waals surface area contributed by atoms with Gasteiger partial charge in [-0.2, -0.15) is 11.3 Å². The van der Waals surface area contributed by atoms with E-state index >= 15 is 0 Å². The lowest BCUT2D eigenvalue weighted by atomic mass is 10.0. The lowest BCUT2D eigenvalue weighted by Crippen LogP contribution is -2.29. The lowest BCUT2D eigenvalue weighted by molar-refractivity contribution is 0.0915. The van der Waals surface area contributed by atoms with Gasteiger partial charge in [0, 0.05) is 12.1 Å². The average Bonchev–Trinajstić information content (AvgIpc) is 2.98. The molecule has 0 bridgehead atoms. The number of thiophene rings is 1. The second-order valence-electron chi connectivity index (χ2n) is 4.29. The summed E-state index contributed by atoms with van der Waals surface area (Å²) in [6, 6.07) is 9.40. The Bertz CT molecular complexity index is 537. The molecule has 0 saturated carbocycles. The first-order chi connectivity index (χ1) is 9.22. The van der Waals surface area contributed by atoms with E-state index in [4.69, 9.17) is 0 Å². The number of hydrogen-bond donors (Lipinski definition) is 2. The third-order valence-electron chi connectivity index (χ3n) is 3.03. The minimum Gasteiger partial charge on any atom is -0.387 e. The molecular weight excluding hydrogens is 258 g/mol. The van der Waals surface area contributed by atoms with Crippen molar-refractivity contribution in [3.63, 3.8) is 0 Å². The second kappa shape index (κ2) is 6.50. The molecule has 0 aliphatic carbocycles. The minimum absolute atomic E-state index is 0.133. The maximum Gasteiger partial charge on any atom is 0.251 e. The summed E-state index contributed by atoms with van der Waals surface area (Å²) in [6.07, 6.45) is 0.167. The fourth-order valence-electron chi connectivity index (χ4n) is 1.92. The predicted octanol–water partition coefficient (Wildman–Crippen LogP) is 2.77. The van der Waals surface area contributed by atoms with Gasteiger partial charge in [-0.1, -0.05) is 25.1 Å². The van der Waals surface area contributed by atoms with Crippen molar-refractivity contribution >= 4 is 17.2 Å². The van der Waals surface area contributed by atoms with Crippen LogP contribution in [0.1, 0.15) is 34.5 Å². The second-order valence-corrected chi connectivity index (χ2v) is 5.07. The van der Waals surface area contributed by atoms with Gasteiger partial charge in [-0.25, -0.2) is 0 Å². The maximum atomic E-state index is 12.1. The maximum absolute atomic E-state index is 12.1. The SMILES string of the molecule is CCc1ccccc1C(=O)NCC(O)c1ccsc1. The Morgan fingerprint density at radius 2 is 2.16 bits per heavy atom. The molecule has 2 aromatic rings. The molecule has 1 amide bonds. The Hall–Kier alpha value is -1.65. The van der Waals surface area contributed by atoms with Gasteiger partial charge in [-0.05, 0) is 40.4 Å². The Morgan fingerprint density at radius 1 is 1.37 bits per heavy atom. The van der Waals surface area contributed by atoms with Crippen LogP contribution in [0.15, 0.2) is 41.1 Å². The molecule has 1 heterocycles. The van der Waals surface area contributed by atoms with Crippen molar-refractivity contribution in [3.8, 4) is 0 Å². The summed E-state index contributed by atoms with van der Waals surface area (Å²) in [7, 11) is 0. The molecule has 4 heteroatoms. The number of aliphatic hydroxyl groups excluding tert-OH is 1.